The van der Waals surface area contributed by atoms with Crippen LogP contribution in [0.4, 0.5) is 26.3 Å². The molecule has 6 nitrogen and oxygen atoms in total. The van der Waals surface area contributed by atoms with Crippen LogP contribution in [0, 0.1) is 16.2 Å². The van der Waals surface area contributed by atoms with Gasteiger partial charge in [-0.25, -0.2) is 4.79 Å². The van der Waals surface area contributed by atoms with Gasteiger partial charge >= 0.3 is 30.3 Å². The lowest BCUT2D eigenvalue weighted by molar-refractivity contribution is -0.313. The van der Waals surface area contributed by atoms with Gasteiger partial charge in [0.25, 0.3) is 6.10 Å². The van der Waals surface area contributed by atoms with Crippen molar-refractivity contribution in [1.82, 2.24) is 0 Å². The van der Waals surface area contributed by atoms with Crippen LogP contribution in [-0.4, -0.2) is 48.6 Å². The molecule has 0 spiro atoms. The van der Waals surface area contributed by atoms with Gasteiger partial charge < -0.3 is 14.2 Å². The molecule has 1 rings (SSSR count). The molecule has 0 bridgehead atoms. The van der Waals surface area contributed by atoms with E-state index in [1.807, 2.05) is 20.8 Å². The van der Waals surface area contributed by atoms with Gasteiger partial charge in [-0.3, -0.25) is 9.59 Å². The minimum atomic E-state index is -5.80. The van der Waals surface area contributed by atoms with E-state index in [0.717, 1.165) is 19.3 Å². The molecule has 0 aromatic heterocycles. The summed E-state index contributed by atoms with van der Waals surface area (Å²) in [5.41, 5.74) is -1.59. The predicted molar refractivity (Wildman–Crippen MR) is 128 cm³/mol. The Morgan fingerprint density at radius 1 is 0.737 bits per heavy atom. The fraction of sp³-hybridized carbons (Fsp3) is 0.885. The molecule has 224 valence electrons. The van der Waals surface area contributed by atoms with Crippen LogP contribution in [0.15, 0.2) is 0 Å². The standard InChI is InChI=1S/C15H28O2.C11H14F6O4/c1-7-14(5,6)12(16)17-15(13(2,3)4)10-8-9-11-15;1-4-9(2,3)8(19)20-5-6(18)21-7(10(12,13)14)11(15,16)17/h7-11H2,1-6H3;7H,4-5H2,1-3H3. The molecule has 12 heteroatoms. The average molecular weight is 565 g/mol. The van der Waals surface area contributed by atoms with Crippen molar-refractivity contribution in [3.8, 4) is 0 Å². The second-order valence-electron chi connectivity index (χ2n) is 11.8. The minimum absolute atomic E-state index is 0.0307. The molecule has 0 N–H and O–H groups in total. The number of alkyl halides is 6. The number of carbonyl (C=O) groups excluding carboxylic acids is 3. The first-order valence-corrected chi connectivity index (χ1v) is 12.6. The molecule has 0 saturated heterocycles. The van der Waals surface area contributed by atoms with Gasteiger partial charge in [0.2, 0.25) is 0 Å². The second kappa shape index (κ2) is 12.9. The summed E-state index contributed by atoms with van der Waals surface area (Å²) < 4.78 is 86.3. The van der Waals surface area contributed by atoms with E-state index < -0.39 is 42.4 Å². The highest BCUT2D eigenvalue weighted by molar-refractivity contribution is 5.80. The summed E-state index contributed by atoms with van der Waals surface area (Å²) in [6, 6.07) is 0. The van der Waals surface area contributed by atoms with Crippen molar-refractivity contribution in [3.63, 3.8) is 0 Å². The van der Waals surface area contributed by atoms with E-state index >= 15 is 0 Å². The fourth-order valence-corrected chi connectivity index (χ4v) is 3.36. The number of halogens is 6. The van der Waals surface area contributed by atoms with Crippen LogP contribution in [-0.2, 0) is 28.6 Å². The molecule has 0 unspecified atom stereocenters. The van der Waals surface area contributed by atoms with E-state index in [1.165, 1.54) is 26.7 Å². The summed E-state index contributed by atoms with van der Waals surface area (Å²) in [5.74, 6) is -2.90. The number of ether oxygens (including phenoxy) is 3. The van der Waals surface area contributed by atoms with E-state index in [-0.39, 0.29) is 22.4 Å². The summed E-state index contributed by atoms with van der Waals surface area (Å²) >= 11 is 0. The number of rotatable bonds is 8. The summed E-state index contributed by atoms with van der Waals surface area (Å²) in [6.07, 6.45) is -10.4. The highest BCUT2D eigenvalue weighted by Gasteiger charge is 2.60. The minimum Gasteiger partial charge on any atom is -0.458 e. The van der Waals surface area contributed by atoms with Gasteiger partial charge in [0.15, 0.2) is 6.61 Å². The number of hydrogen-bond acceptors (Lipinski definition) is 6. The Morgan fingerprint density at radius 3 is 1.47 bits per heavy atom. The average Bonchev–Trinajstić information content (AvgIpc) is 3.24. The molecule has 38 heavy (non-hydrogen) atoms. The van der Waals surface area contributed by atoms with Crippen molar-refractivity contribution in [2.75, 3.05) is 6.61 Å². The van der Waals surface area contributed by atoms with Crippen LogP contribution in [0.3, 0.4) is 0 Å². The van der Waals surface area contributed by atoms with Gasteiger partial charge in [0, 0.05) is 5.41 Å². The first-order chi connectivity index (χ1) is 16.9. The summed E-state index contributed by atoms with van der Waals surface area (Å²) in [5, 5.41) is 0. The fourth-order valence-electron chi connectivity index (χ4n) is 3.36. The molecule has 0 aromatic rings. The number of carbonyl (C=O) groups is 3. The van der Waals surface area contributed by atoms with Crippen LogP contribution in [0.25, 0.3) is 0 Å². The second-order valence-corrected chi connectivity index (χ2v) is 11.8. The molecule has 1 saturated carbocycles. The monoisotopic (exact) mass is 564 g/mol. The lowest BCUT2D eigenvalue weighted by Crippen LogP contribution is -2.47. The van der Waals surface area contributed by atoms with Crippen LogP contribution >= 0.6 is 0 Å². The quantitative estimate of drug-likeness (QED) is 0.175. The number of esters is 3. The van der Waals surface area contributed by atoms with Gasteiger partial charge in [-0.15, -0.1) is 0 Å². The lowest BCUT2D eigenvalue weighted by atomic mass is 9.74. The molecule has 0 aromatic carbocycles. The first kappa shape index (κ1) is 36.0. The molecule has 0 heterocycles. The maximum Gasteiger partial charge on any atom is 0.434 e. The molecule has 1 aliphatic rings. The Labute approximate surface area is 221 Å². The zero-order valence-corrected chi connectivity index (χ0v) is 23.7. The highest BCUT2D eigenvalue weighted by atomic mass is 19.4. The van der Waals surface area contributed by atoms with E-state index in [1.54, 1.807) is 6.92 Å². The van der Waals surface area contributed by atoms with Crippen molar-refractivity contribution in [2.45, 2.75) is 125 Å². The Hall–Kier alpha value is -2.01. The van der Waals surface area contributed by atoms with E-state index in [9.17, 15) is 40.7 Å². The Kier molecular flexibility index (Phi) is 12.2. The summed E-state index contributed by atoms with van der Waals surface area (Å²) in [6.45, 7) is 15.7. The van der Waals surface area contributed by atoms with Crippen molar-refractivity contribution < 1.29 is 54.9 Å². The van der Waals surface area contributed by atoms with Crippen LogP contribution in [0.2, 0.25) is 0 Å². The molecular formula is C26H42F6O6. The molecule has 0 radical (unpaired) electrons. The Morgan fingerprint density at radius 2 is 1.13 bits per heavy atom. The topological polar surface area (TPSA) is 78.9 Å². The van der Waals surface area contributed by atoms with E-state index in [2.05, 4.69) is 30.2 Å². The maximum absolute atomic E-state index is 12.3. The zero-order valence-electron chi connectivity index (χ0n) is 23.7. The largest absolute Gasteiger partial charge is 0.458 e. The third kappa shape index (κ3) is 10.3. The van der Waals surface area contributed by atoms with Gasteiger partial charge in [-0.2, -0.15) is 26.3 Å². The first-order valence-electron chi connectivity index (χ1n) is 12.6. The van der Waals surface area contributed by atoms with Crippen LogP contribution in [0.1, 0.15) is 101 Å². The Balaban J connectivity index is 0.000000735. The summed E-state index contributed by atoms with van der Waals surface area (Å²) in [4.78, 5) is 34.7. The molecule has 0 atom stereocenters. The SMILES string of the molecule is CCC(C)(C)C(=O)OC1(C(C)(C)C)CCCC1.CCC(C)(C)C(=O)OCC(=O)OC(C(F)(F)F)C(F)(F)F. The smallest absolute Gasteiger partial charge is 0.434 e. The third-order valence-corrected chi connectivity index (χ3v) is 7.10. The van der Waals surface area contributed by atoms with Gasteiger partial charge in [0.1, 0.15) is 5.60 Å². The van der Waals surface area contributed by atoms with Gasteiger partial charge in [-0.05, 0) is 66.2 Å². The molecule has 1 fully saturated rings. The lowest BCUT2D eigenvalue weighted by Gasteiger charge is -2.42. The Bertz CT molecular complexity index is 789. The number of hydrogen-bond donors (Lipinski definition) is 0. The van der Waals surface area contributed by atoms with Crippen molar-refractivity contribution in [3.05, 3.63) is 0 Å². The summed E-state index contributed by atoms with van der Waals surface area (Å²) in [7, 11) is 0. The van der Waals surface area contributed by atoms with E-state index in [4.69, 9.17) is 4.74 Å². The molecule has 0 aliphatic heterocycles. The van der Waals surface area contributed by atoms with Crippen LogP contribution in [0.5, 0.6) is 0 Å². The van der Waals surface area contributed by atoms with Crippen molar-refractivity contribution >= 4 is 17.9 Å². The zero-order chi connectivity index (χ0) is 30.4. The van der Waals surface area contributed by atoms with Crippen molar-refractivity contribution in [2.24, 2.45) is 16.2 Å². The van der Waals surface area contributed by atoms with Crippen molar-refractivity contribution in [1.29, 1.82) is 0 Å². The molecule has 1 aliphatic carbocycles. The van der Waals surface area contributed by atoms with Crippen LogP contribution < -0.4 is 0 Å². The predicted octanol–water partition coefficient (Wildman–Crippen LogP) is 7.33. The van der Waals surface area contributed by atoms with Gasteiger partial charge in [-0.1, -0.05) is 34.6 Å². The molecule has 0 amide bonds. The maximum atomic E-state index is 12.3. The highest BCUT2D eigenvalue weighted by Crippen LogP contribution is 2.47. The molecular weight excluding hydrogens is 522 g/mol. The van der Waals surface area contributed by atoms with Gasteiger partial charge in [0.05, 0.1) is 10.8 Å². The third-order valence-electron chi connectivity index (χ3n) is 7.10. The van der Waals surface area contributed by atoms with E-state index in [0.29, 0.717) is 6.42 Å². The normalized spacial score (nSPS) is 16.4.